The maximum absolute atomic E-state index is 12.7. The molecule has 1 saturated heterocycles. The van der Waals surface area contributed by atoms with E-state index in [4.69, 9.17) is 14.2 Å². The molecule has 1 heterocycles. The quantitative estimate of drug-likeness (QED) is 0.703. The van der Waals surface area contributed by atoms with Gasteiger partial charge in [0.05, 0.1) is 0 Å². The van der Waals surface area contributed by atoms with Crippen LogP contribution in [-0.2, 0) is 20.7 Å². The summed E-state index contributed by atoms with van der Waals surface area (Å²) in [5, 5.41) is 2.60. The van der Waals surface area contributed by atoms with Crippen LogP contribution in [0.25, 0.3) is 0 Å². The molecule has 1 atom stereocenters. The Labute approximate surface area is 184 Å². The second-order valence-corrected chi connectivity index (χ2v) is 9.64. The molecule has 1 aromatic rings. The summed E-state index contributed by atoms with van der Waals surface area (Å²) in [4.78, 5) is 38.7. The van der Waals surface area contributed by atoms with Crippen molar-refractivity contribution in [3.63, 3.8) is 0 Å². The zero-order chi connectivity index (χ0) is 23.2. The van der Waals surface area contributed by atoms with Crippen LogP contribution in [0.1, 0.15) is 59.9 Å². The van der Waals surface area contributed by atoms with Crippen LogP contribution in [-0.4, -0.2) is 53.4 Å². The molecule has 31 heavy (non-hydrogen) atoms. The van der Waals surface area contributed by atoms with Crippen molar-refractivity contribution >= 4 is 18.2 Å². The second kappa shape index (κ2) is 10.0. The van der Waals surface area contributed by atoms with Crippen molar-refractivity contribution in [1.29, 1.82) is 0 Å². The maximum atomic E-state index is 12.7. The molecule has 1 N–H and O–H groups in total. The molecule has 8 nitrogen and oxygen atoms in total. The van der Waals surface area contributed by atoms with Crippen LogP contribution < -0.4 is 10.1 Å². The molecule has 172 valence electrons. The molecule has 0 aromatic heterocycles. The van der Waals surface area contributed by atoms with E-state index in [0.29, 0.717) is 18.8 Å². The van der Waals surface area contributed by atoms with Gasteiger partial charge in [-0.1, -0.05) is 12.1 Å². The topological polar surface area (TPSA) is 94.2 Å². The number of carbonyl (C=O) groups excluding carboxylic acids is 3. The molecule has 0 radical (unpaired) electrons. The number of benzene rings is 1. The average Bonchev–Trinajstić information content (AvgIpc) is 3.14. The number of nitrogens with zero attached hydrogens (tertiary/aromatic N) is 1. The summed E-state index contributed by atoms with van der Waals surface area (Å²) in [5.41, 5.74) is -0.616. The molecule has 1 aliphatic rings. The molecular weight excluding hydrogens is 400 g/mol. The number of likely N-dealkylation sites (tertiary alicyclic amines) is 1. The zero-order valence-corrected chi connectivity index (χ0v) is 19.3. The third kappa shape index (κ3) is 8.86. The highest BCUT2D eigenvalue weighted by molar-refractivity contribution is 5.82. The van der Waals surface area contributed by atoms with Gasteiger partial charge >= 0.3 is 18.2 Å². The molecule has 0 saturated carbocycles. The van der Waals surface area contributed by atoms with E-state index < -0.39 is 29.3 Å². The van der Waals surface area contributed by atoms with E-state index >= 15 is 0 Å². The summed E-state index contributed by atoms with van der Waals surface area (Å²) in [6.07, 6.45) is 1.13. The normalized spacial score (nSPS) is 15.2. The molecule has 8 heteroatoms. The van der Waals surface area contributed by atoms with Gasteiger partial charge in [-0.2, -0.15) is 0 Å². The van der Waals surface area contributed by atoms with Crippen LogP contribution in [0.15, 0.2) is 24.3 Å². The summed E-state index contributed by atoms with van der Waals surface area (Å²) in [5.74, 6) is -0.127. The second-order valence-electron chi connectivity index (χ2n) is 9.64. The molecule has 0 aliphatic carbocycles. The lowest BCUT2D eigenvalue weighted by Gasteiger charge is -2.26. The van der Waals surface area contributed by atoms with Gasteiger partial charge in [0.1, 0.15) is 23.0 Å². The largest absolute Gasteiger partial charge is 0.458 e. The Balaban J connectivity index is 2.05. The first-order valence-electron chi connectivity index (χ1n) is 10.6. The molecule has 0 bridgehead atoms. The van der Waals surface area contributed by atoms with Gasteiger partial charge in [-0.25, -0.2) is 14.4 Å². The summed E-state index contributed by atoms with van der Waals surface area (Å²) < 4.78 is 16.1. The first-order valence-corrected chi connectivity index (χ1v) is 10.6. The highest BCUT2D eigenvalue weighted by atomic mass is 16.6. The van der Waals surface area contributed by atoms with Crippen molar-refractivity contribution in [2.45, 2.75) is 78.0 Å². The Morgan fingerprint density at radius 2 is 1.48 bits per heavy atom. The van der Waals surface area contributed by atoms with E-state index in [2.05, 4.69) is 5.32 Å². The molecule has 2 amide bonds. The van der Waals surface area contributed by atoms with Crippen molar-refractivity contribution in [2.24, 2.45) is 0 Å². The van der Waals surface area contributed by atoms with Crippen LogP contribution in [0, 0.1) is 0 Å². The van der Waals surface area contributed by atoms with Gasteiger partial charge in [0.25, 0.3) is 0 Å². The van der Waals surface area contributed by atoms with E-state index in [1.165, 1.54) is 0 Å². The van der Waals surface area contributed by atoms with Crippen molar-refractivity contribution in [1.82, 2.24) is 10.2 Å². The van der Waals surface area contributed by atoms with Gasteiger partial charge in [0.15, 0.2) is 0 Å². The standard InChI is InChI=1S/C23H34N2O6/c1-22(2,3)30-19(26)18(24-20(27)31-23(4,5)6)15-16-9-11-17(12-10-16)29-21(28)25-13-7-8-14-25/h9-12,18H,7-8,13-15H2,1-6H3,(H,24,27)/t18-/m0/s1. The highest BCUT2D eigenvalue weighted by Crippen LogP contribution is 2.18. The van der Waals surface area contributed by atoms with E-state index in [9.17, 15) is 14.4 Å². The van der Waals surface area contributed by atoms with Gasteiger partial charge in [-0.05, 0) is 72.1 Å². The summed E-state index contributed by atoms with van der Waals surface area (Å²) in [6.45, 7) is 12.0. The minimum atomic E-state index is -0.924. The predicted molar refractivity (Wildman–Crippen MR) is 116 cm³/mol. The van der Waals surface area contributed by atoms with E-state index in [1.54, 1.807) is 70.7 Å². The van der Waals surface area contributed by atoms with Crippen LogP contribution in [0.5, 0.6) is 5.75 Å². The van der Waals surface area contributed by atoms with E-state index in [-0.39, 0.29) is 12.5 Å². The first kappa shape index (κ1) is 24.5. The van der Waals surface area contributed by atoms with E-state index in [1.807, 2.05) is 0 Å². The lowest BCUT2D eigenvalue weighted by molar-refractivity contribution is -0.157. The Kier molecular flexibility index (Phi) is 7.92. The summed E-state index contributed by atoms with van der Waals surface area (Å²) in [7, 11) is 0. The van der Waals surface area contributed by atoms with Gasteiger partial charge < -0.3 is 24.4 Å². The number of amides is 2. The number of hydrogen-bond acceptors (Lipinski definition) is 6. The van der Waals surface area contributed by atoms with Crippen molar-refractivity contribution in [2.75, 3.05) is 13.1 Å². The Morgan fingerprint density at radius 3 is 2.00 bits per heavy atom. The predicted octanol–water partition coefficient (Wildman–Crippen LogP) is 4.06. The number of rotatable bonds is 5. The number of carbonyl (C=O) groups is 3. The maximum Gasteiger partial charge on any atom is 0.415 e. The van der Waals surface area contributed by atoms with Crippen molar-refractivity contribution in [3.8, 4) is 5.75 Å². The molecule has 0 unspecified atom stereocenters. The minimum absolute atomic E-state index is 0.203. The molecule has 1 aliphatic heterocycles. The van der Waals surface area contributed by atoms with Gasteiger partial charge in [-0.3, -0.25) is 0 Å². The SMILES string of the molecule is CC(C)(C)OC(=O)N[C@@H](Cc1ccc(OC(=O)N2CCCC2)cc1)C(=O)OC(C)(C)C. The highest BCUT2D eigenvalue weighted by Gasteiger charge is 2.29. The fraction of sp³-hybridized carbons (Fsp3) is 0.609. The number of hydrogen-bond donors (Lipinski definition) is 1. The van der Waals surface area contributed by atoms with Crippen LogP contribution >= 0.6 is 0 Å². The fourth-order valence-corrected chi connectivity index (χ4v) is 3.01. The van der Waals surface area contributed by atoms with Crippen molar-refractivity contribution in [3.05, 3.63) is 29.8 Å². The van der Waals surface area contributed by atoms with Crippen LogP contribution in [0.4, 0.5) is 9.59 Å². The van der Waals surface area contributed by atoms with E-state index in [0.717, 1.165) is 18.4 Å². The molecule has 1 fully saturated rings. The molecule has 1 aromatic carbocycles. The van der Waals surface area contributed by atoms with Crippen LogP contribution in [0.2, 0.25) is 0 Å². The third-order valence-electron chi connectivity index (χ3n) is 4.31. The average molecular weight is 435 g/mol. The monoisotopic (exact) mass is 434 g/mol. The van der Waals surface area contributed by atoms with Crippen LogP contribution in [0.3, 0.4) is 0 Å². The number of nitrogens with one attached hydrogen (secondary N) is 1. The third-order valence-corrected chi connectivity index (χ3v) is 4.31. The van der Waals surface area contributed by atoms with Gasteiger partial charge in [0, 0.05) is 19.5 Å². The van der Waals surface area contributed by atoms with Gasteiger partial charge in [-0.15, -0.1) is 0 Å². The lowest BCUT2D eigenvalue weighted by atomic mass is 10.1. The molecular formula is C23H34N2O6. The first-order chi connectivity index (χ1) is 14.3. The zero-order valence-electron chi connectivity index (χ0n) is 19.3. The number of esters is 1. The number of alkyl carbamates (subject to hydrolysis) is 1. The lowest BCUT2D eigenvalue weighted by Crippen LogP contribution is -2.47. The number of ether oxygens (including phenoxy) is 3. The van der Waals surface area contributed by atoms with Gasteiger partial charge in [0.2, 0.25) is 0 Å². The Morgan fingerprint density at radius 1 is 0.935 bits per heavy atom. The van der Waals surface area contributed by atoms with Crippen molar-refractivity contribution < 1.29 is 28.6 Å². The Bertz CT molecular complexity index is 771. The Hall–Kier alpha value is -2.77. The smallest absolute Gasteiger partial charge is 0.415 e. The minimum Gasteiger partial charge on any atom is -0.458 e. The summed E-state index contributed by atoms with van der Waals surface area (Å²) >= 11 is 0. The molecule has 2 rings (SSSR count). The fourth-order valence-electron chi connectivity index (χ4n) is 3.01. The summed E-state index contributed by atoms with van der Waals surface area (Å²) in [6, 6.07) is 5.92. The molecule has 0 spiro atoms.